The van der Waals surface area contributed by atoms with Crippen LogP contribution in [0.25, 0.3) is 0 Å². The standard InChI is InChI=1S/C19H16N2O4S2/c1-25-13-4-6-14(7-5-13)27(23,24)16-11-26-19-15(9-17(22)21-18(16)19)12-3-2-8-20-10-12/h2-8,10-11,15H,9H2,1H3,(H,21,22)/t15-/m0/s1. The summed E-state index contributed by atoms with van der Waals surface area (Å²) in [6.07, 6.45) is 3.65. The number of nitrogens with zero attached hydrogens (tertiary/aromatic N) is 1. The first-order valence-electron chi connectivity index (χ1n) is 8.21. The number of fused-ring (bicyclic) bond motifs is 1. The summed E-state index contributed by atoms with van der Waals surface area (Å²) in [6, 6.07) is 9.91. The van der Waals surface area contributed by atoms with E-state index < -0.39 is 9.84 Å². The number of ether oxygens (including phenoxy) is 1. The molecule has 0 radical (unpaired) electrons. The maximum Gasteiger partial charge on any atom is 0.225 e. The fourth-order valence-corrected chi connectivity index (χ4v) is 6.04. The first kappa shape index (κ1) is 17.7. The number of hydrogen-bond acceptors (Lipinski definition) is 6. The lowest BCUT2D eigenvalue weighted by Gasteiger charge is -2.23. The van der Waals surface area contributed by atoms with Crippen molar-refractivity contribution in [1.82, 2.24) is 4.98 Å². The van der Waals surface area contributed by atoms with Gasteiger partial charge in [0.2, 0.25) is 15.7 Å². The number of sulfone groups is 1. The van der Waals surface area contributed by atoms with Crippen molar-refractivity contribution in [1.29, 1.82) is 0 Å². The van der Waals surface area contributed by atoms with E-state index in [4.69, 9.17) is 4.74 Å². The molecule has 8 heteroatoms. The number of methoxy groups -OCH3 is 1. The van der Waals surface area contributed by atoms with Crippen molar-refractivity contribution in [3.63, 3.8) is 0 Å². The molecule has 0 aliphatic carbocycles. The van der Waals surface area contributed by atoms with Gasteiger partial charge in [0, 0.05) is 35.0 Å². The van der Waals surface area contributed by atoms with Crippen LogP contribution >= 0.6 is 11.3 Å². The Morgan fingerprint density at radius 3 is 2.67 bits per heavy atom. The summed E-state index contributed by atoms with van der Waals surface area (Å²) in [5.41, 5.74) is 1.27. The Morgan fingerprint density at radius 1 is 1.22 bits per heavy atom. The largest absolute Gasteiger partial charge is 0.497 e. The molecule has 0 unspecified atom stereocenters. The predicted octanol–water partition coefficient (Wildman–Crippen LogP) is 3.46. The van der Waals surface area contributed by atoms with E-state index in [9.17, 15) is 13.2 Å². The van der Waals surface area contributed by atoms with Crippen LogP contribution in [0.5, 0.6) is 5.75 Å². The van der Waals surface area contributed by atoms with Crippen LogP contribution in [0.3, 0.4) is 0 Å². The maximum atomic E-state index is 13.1. The highest BCUT2D eigenvalue weighted by molar-refractivity contribution is 7.91. The molecule has 138 valence electrons. The smallest absolute Gasteiger partial charge is 0.225 e. The normalized spacial score (nSPS) is 16.5. The van der Waals surface area contributed by atoms with Crippen LogP contribution in [0.15, 0.2) is 64.0 Å². The number of carbonyl (C=O) groups excluding carboxylic acids is 1. The van der Waals surface area contributed by atoms with Gasteiger partial charge in [-0.2, -0.15) is 0 Å². The first-order valence-corrected chi connectivity index (χ1v) is 10.6. The van der Waals surface area contributed by atoms with Crippen LogP contribution < -0.4 is 10.1 Å². The molecule has 1 aliphatic rings. The monoisotopic (exact) mass is 400 g/mol. The molecule has 3 heterocycles. The van der Waals surface area contributed by atoms with Gasteiger partial charge in [-0.1, -0.05) is 6.07 Å². The number of rotatable bonds is 4. The van der Waals surface area contributed by atoms with Crippen LogP contribution in [0.1, 0.15) is 22.8 Å². The number of nitrogens with one attached hydrogen (secondary N) is 1. The van der Waals surface area contributed by atoms with Gasteiger partial charge in [0.25, 0.3) is 0 Å². The van der Waals surface area contributed by atoms with E-state index in [1.807, 2.05) is 12.1 Å². The Labute approximate surface area is 160 Å². The van der Waals surface area contributed by atoms with Crippen LogP contribution in [-0.4, -0.2) is 26.4 Å². The first-order chi connectivity index (χ1) is 13.0. The molecule has 1 amide bonds. The molecule has 6 nitrogen and oxygen atoms in total. The lowest BCUT2D eigenvalue weighted by molar-refractivity contribution is -0.116. The fraction of sp³-hybridized carbons (Fsp3) is 0.158. The summed E-state index contributed by atoms with van der Waals surface area (Å²) >= 11 is 1.34. The predicted molar refractivity (Wildman–Crippen MR) is 102 cm³/mol. The number of hydrogen-bond donors (Lipinski definition) is 1. The van der Waals surface area contributed by atoms with Crippen LogP contribution in [0.2, 0.25) is 0 Å². The third-order valence-electron chi connectivity index (χ3n) is 4.50. The van der Waals surface area contributed by atoms with E-state index in [-0.39, 0.29) is 28.0 Å². The summed E-state index contributed by atoms with van der Waals surface area (Å²) in [4.78, 5) is 17.5. The molecule has 0 spiro atoms. The average molecular weight is 400 g/mol. The van der Waals surface area contributed by atoms with Crippen molar-refractivity contribution in [3.8, 4) is 5.75 Å². The highest BCUT2D eigenvalue weighted by Crippen LogP contribution is 2.45. The zero-order valence-electron chi connectivity index (χ0n) is 14.4. The highest BCUT2D eigenvalue weighted by atomic mass is 32.2. The Hall–Kier alpha value is -2.71. The van der Waals surface area contributed by atoms with Gasteiger partial charge in [0.15, 0.2) is 0 Å². The minimum atomic E-state index is -3.77. The number of amides is 1. The highest BCUT2D eigenvalue weighted by Gasteiger charge is 2.34. The van der Waals surface area contributed by atoms with Gasteiger partial charge >= 0.3 is 0 Å². The Kier molecular flexibility index (Phi) is 4.45. The fourth-order valence-electron chi connectivity index (χ4n) is 3.14. The second-order valence-corrected chi connectivity index (χ2v) is 8.94. The number of anilines is 1. The molecule has 0 saturated heterocycles. The van der Waals surface area contributed by atoms with Crippen LogP contribution in [0, 0.1) is 0 Å². The van der Waals surface area contributed by atoms with Crippen LogP contribution in [-0.2, 0) is 14.6 Å². The van der Waals surface area contributed by atoms with Gasteiger partial charge in [-0.3, -0.25) is 9.78 Å². The van der Waals surface area contributed by atoms with Gasteiger partial charge in [-0.25, -0.2) is 8.42 Å². The Balaban J connectivity index is 1.80. The third kappa shape index (κ3) is 3.11. The van der Waals surface area contributed by atoms with Crippen molar-refractivity contribution in [2.75, 3.05) is 12.4 Å². The number of benzene rings is 1. The molecule has 4 rings (SSSR count). The van der Waals surface area contributed by atoms with E-state index in [1.54, 1.807) is 29.9 Å². The third-order valence-corrected chi connectivity index (χ3v) is 7.54. The summed E-state index contributed by atoms with van der Waals surface area (Å²) in [7, 11) is -2.25. The molecule has 0 saturated carbocycles. The van der Waals surface area contributed by atoms with E-state index in [1.165, 1.54) is 30.6 Å². The SMILES string of the molecule is COc1ccc(S(=O)(=O)c2csc3c2NC(=O)C[C@H]3c2cccnc2)cc1. The van der Waals surface area contributed by atoms with E-state index in [0.717, 1.165) is 10.4 Å². The van der Waals surface area contributed by atoms with E-state index in [2.05, 4.69) is 10.3 Å². The van der Waals surface area contributed by atoms with Crippen molar-refractivity contribution in [3.05, 3.63) is 64.6 Å². The molecular weight excluding hydrogens is 384 g/mol. The zero-order valence-corrected chi connectivity index (χ0v) is 16.0. The van der Waals surface area contributed by atoms with Gasteiger partial charge in [-0.05, 0) is 35.9 Å². The molecule has 3 aromatic rings. The molecule has 1 N–H and O–H groups in total. The Morgan fingerprint density at radius 2 is 2.00 bits per heavy atom. The second-order valence-electron chi connectivity index (χ2n) is 6.11. The number of carbonyl (C=O) groups is 1. The number of aromatic nitrogens is 1. The second kappa shape index (κ2) is 6.79. The molecule has 1 aliphatic heterocycles. The van der Waals surface area contributed by atoms with Crippen LogP contribution in [0.4, 0.5) is 5.69 Å². The summed E-state index contributed by atoms with van der Waals surface area (Å²) < 4.78 is 31.3. The lowest BCUT2D eigenvalue weighted by Crippen LogP contribution is -2.23. The van der Waals surface area contributed by atoms with Crippen molar-refractivity contribution in [2.45, 2.75) is 22.1 Å². The Bertz CT molecular complexity index is 1090. The van der Waals surface area contributed by atoms with Gasteiger partial charge < -0.3 is 10.1 Å². The van der Waals surface area contributed by atoms with Crippen molar-refractivity contribution >= 4 is 32.8 Å². The topological polar surface area (TPSA) is 85.4 Å². The summed E-state index contributed by atoms with van der Waals surface area (Å²) in [5, 5.41) is 4.35. The zero-order chi connectivity index (χ0) is 19.0. The lowest BCUT2D eigenvalue weighted by atomic mass is 9.92. The minimum absolute atomic E-state index is 0.120. The molecule has 27 heavy (non-hydrogen) atoms. The molecule has 0 bridgehead atoms. The summed E-state index contributed by atoms with van der Waals surface area (Å²) in [6.45, 7) is 0. The maximum absolute atomic E-state index is 13.1. The quantitative estimate of drug-likeness (QED) is 0.725. The molecule has 1 atom stereocenters. The molecule has 0 fully saturated rings. The number of thiophene rings is 1. The van der Waals surface area contributed by atoms with Gasteiger partial charge in [0.05, 0.1) is 17.7 Å². The number of pyridine rings is 1. The van der Waals surface area contributed by atoms with Crippen molar-refractivity contribution < 1.29 is 17.9 Å². The van der Waals surface area contributed by atoms with Crippen molar-refractivity contribution in [2.24, 2.45) is 0 Å². The molecule has 2 aromatic heterocycles. The minimum Gasteiger partial charge on any atom is -0.497 e. The van der Waals surface area contributed by atoms with Gasteiger partial charge in [-0.15, -0.1) is 11.3 Å². The van der Waals surface area contributed by atoms with E-state index >= 15 is 0 Å². The summed E-state index contributed by atoms with van der Waals surface area (Å²) in [5.74, 6) is 0.166. The molecular formula is C19H16N2O4S2. The van der Waals surface area contributed by atoms with E-state index in [0.29, 0.717) is 11.4 Å². The van der Waals surface area contributed by atoms with Gasteiger partial charge in [0.1, 0.15) is 10.6 Å². The molecule has 1 aromatic carbocycles. The average Bonchev–Trinajstić information content (AvgIpc) is 3.12.